The molecule has 0 aliphatic rings. The average Bonchev–Trinajstić information content (AvgIpc) is 2.53. The molecule has 1 amide bonds. The zero-order chi connectivity index (χ0) is 16.8. The van der Waals surface area contributed by atoms with E-state index in [1.165, 1.54) is 6.21 Å². The number of aryl methyl sites for hydroxylation is 1. The van der Waals surface area contributed by atoms with Gasteiger partial charge < -0.3 is 9.84 Å². The van der Waals surface area contributed by atoms with E-state index in [0.717, 1.165) is 5.56 Å². The highest BCUT2D eigenvalue weighted by Crippen LogP contribution is 2.34. The van der Waals surface area contributed by atoms with Crippen molar-refractivity contribution >= 4 is 28.1 Å². The molecule has 0 unspecified atom stereocenters. The smallest absolute Gasteiger partial charge is 0.271 e. The number of aromatic hydroxyl groups is 1. The van der Waals surface area contributed by atoms with Gasteiger partial charge in [-0.15, -0.1) is 0 Å². The van der Waals surface area contributed by atoms with Crippen molar-refractivity contribution in [2.75, 3.05) is 6.61 Å². The number of phenols is 1. The zero-order valence-electron chi connectivity index (χ0n) is 12.8. The number of rotatable bonds is 5. The summed E-state index contributed by atoms with van der Waals surface area (Å²) < 4.78 is 5.83. The lowest BCUT2D eigenvalue weighted by Gasteiger charge is -2.08. The van der Waals surface area contributed by atoms with Crippen LogP contribution in [0, 0.1) is 6.92 Å². The number of hydrogen-bond donors (Lipinski definition) is 2. The number of amides is 1. The van der Waals surface area contributed by atoms with Crippen molar-refractivity contribution in [2.24, 2.45) is 5.10 Å². The molecule has 0 atom stereocenters. The molecule has 0 spiro atoms. The highest BCUT2D eigenvalue weighted by atomic mass is 79.9. The van der Waals surface area contributed by atoms with Crippen molar-refractivity contribution in [2.45, 2.75) is 13.8 Å². The van der Waals surface area contributed by atoms with Crippen LogP contribution in [0.2, 0.25) is 0 Å². The first kappa shape index (κ1) is 17.0. The van der Waals surface area contributed by atoms with Crippen LogP contribution in [-0.4, -0.2) is 23.8 Å². The number of halogens is 1. The van der Waals surface area contributed by atoms with Gasteiger partial charge in [-0.2, -0.15) is 5.10 Å². The molecule has 0 fully saturated rings. The number of nitrogens with zero attached hydrogens (tertiary/aromatic N) is 1. The standard InChI is InChI=1S/C17H17BrN2O3/c1-3-23-15-9-12(8-14(18)16(15)21)10-19-20-17(22)13-6-4-11(2)5-7-13/h4-10,21H,3H2,1-2H3,(H,20,22)/b19-10+. The van der Waals surface area contributed by atoms with Crippen LogP contribution >= 0.6 is 15.9 Å². The molecule has 2 aromatic rings. The minimum atomic E-state index is -0.288. The Balaban J connectivity index is 2.08. The number of nitrogens with one attached hydrogen (secondary N) is 1. The summed E-state index contributed by atoms with van der Waals surface area (Å²) in [5.74, 6) is 0.102. The molecule has 0 aliphatic heterocycles. The van der Waals surface area contributed by atoms with Crippen molar-refractivity contribution < 1.29 is 14.6 Å². The molecule has 2 rings (SSSR count). The first-order valence-electron chi connectivity index (χ1n) is 7.06. The van der Waals surface area contributed by atoms with Crippen LogP contribution in [0.4, 0.5) is 0 Å². The summed E-state index contributed by atoms with van der Waals surface area (Å²) in [6.45, 7) is 4.22. The van der Waals surface area contributed by atoms with E-state index in [1.54, 1.807) is 24.3 Å². The van der Waals surface area contributed by atoms with Gasteiger partial charge in [-0.1, -0.05) is 17.7 Å². The van der Waals surface area contributed by atoms with E-state index in [0.29, 0.717) is 28.0 Å². The van der Waals surface area contributed by atoms with E-state index in [-0.39, 0.29) is 11.7 Å². The van der Waals surface area contributed by atoms with Crippen molar-refractivity contribution in [3.63, 3.8) is 0 Å². The van der Waals surface area contributed by atoms with Gasteiger partial charge in [0.2, 0.25) is 0 Å². The lowest BCUT2D eigenvalue weighted by Crippen LogP contribution is -2.17. The van der Waals surface area contributed by atoms with Crippen molar-refractivity contribution in [3.8, 4) is 11.5 Å². The Bertz CT molecular complexity index is 727. The quantitative estimate of drug-likeness (QED) is 0.618. The van der Waals surface area contributed by atoms with E-state index in [1.807, 2.05) is 26.0 Å². The molecule has 0 saturated carbocycles. The third kappa shape index (κ3) is 4.56. The Labute approximate surface area is 143 Å². The minimum absolute atomic E-state index is 0.0349. The highest BCUT2D eigenvalue weighted by molar-refractivity contribution is 9.10. The van der Waals surface area contributed by atoms with Gasteiger partial charge in [0.15, 0.2) is 11.5 Å². The maximum atomic E-state index is 11.9. The number of phenolic OH excluding ortho intramolecular Hbond substituents is 1. The van der Waals surface area contributed by atoms with Gasteiger partial charge in [-0.05, 0) is 59.6 Å². The summed E-state index contributed by atoms with van der Waals surface area (Å²) in [5, 5.41) is 13.8. The molecule has 5 nitrogen and oxygen atoms in total. The van der Waals surface area contributed by atoms with E-state index in [4.69, 9.17) is 4.74 Å². The van der Waals surface area contributed by atoms with Crippen molar-refractivity contribution in [1.82, 2.24) is 5.43 Å². The predicted octanol–water partition coefficient (Wildman–Crippen LogP) is 3.63. The Morgan fingerprint density at radius 3 is 2.70 bits per heavy atom. The maximum Gasteiger partial charge on any atom is 0.271 e. The SMILES string of the molecule is CCOc1cc(/C=N/NC(=O)c2ccc(C)cc2)cc(Br)c1O. The van der Waals surface area contributed by atoms with Crippen LogP contribution in [0.1, 0.15) is 28.4 Å². The average molecular weight is 377 g/mol. The Hall–Kier alpha value is -2.34. The molecule has 0 bridgehead atoms. The summed E-state index contributed by atoms with van der Waals surface area (Å²) in [4.78, 5) is 11.9. The summed E-state index contributed by atoms with van der Waals surface area (Å²) in [6, 6.07) is 10.5. The van der Waals surface area contributed by atoms with Gasteiger partial charge in [0, 0.05) is 5.56 Å². The Morgan fingerprint density at radius 1 is 1.35 bits per heavy atom. The van der Waals surface area contributed by atoms with Gasteiger partial charge in [0.05, 0.1) is 17.3 Å². The first-order valence-corrected chi connectivity index (χ1v) is 7.86. The number of benzene rings is 2. The molecule has 0 heterocycles. The van der Waals surface area contributed by atoms with E-state index in [2.05, 4.69) is 26.5 Å². The van der Waals surface area contributed by atoms with Crippen molar-refractivity contribution in [3.05, 3.63) is 57.6 Å². The summed E-state index contributed by atoms with van der Waals surface area (Å²) in [6.07, 6.45) is 1.48. The van der Waals surface area contributed by atoms with Crippen LogP contribution in [-0.2, 0) is 0 Å². The maximum absolute atomic E-state index is 11.9. The molecule has 2 aromatic carbocycles. The van der Waals surface area contributed by atoms with E-state index < -0.39 is 0 Å². The normalized spacial score (nSPS) is 10.7. The van der Waals surface area contributed by atoms with Crippen molar-refractivity contribution in [1.29, 1.82) is 0 Å². The Kier molecular flexibility index (Phi) is 5.76. The second-order valence-electron chi connectivity index (χ2n) is 4.85. The van der Waals surface area contributed by atoms with Crippen LogP contribution in [0.5, 0.6) is 11.5 Å². The van der Waals surface area contributed by atoms with Gasteiger partial charge in [-0.25, -0.2) is 5.43 Å². The Morgan fingerprint density at radius 2 is 2.04 bits per heavy atom. The summed E-state index contributed by atoms with van der Waals surface area (Å²) in [7, 11) is 0. The van der Waals surface area contributed by atoms with Gasteiger partial charge in [0.1, 0.15) is 0 Å². The highest BCUT2D eigenvalue weighted by Gasteiger charge is 2.08. The molecule has 0 aromatic heterocycles. The summed E-state index contributed by atoms with van der Waals surface area (Å²) in [5.41, 5.74) is 4.77. The molecule has 120 valence electrons. The minimum Gasteiger partial charge on any atom is -0.503 e. The van der Waals surface area contributed by atoms with Gasteiger partial charge >= 0.3 is 0 Å². The van der Waals surface area contributed by atoms with Gasteiger partial charge in [-0.3, -0.25) is 4.79 Å². The monoisotopic (exact) mass is 376 g/mol. The molecule has 0 aliphatic carbocycles. The van der Waals surface area contributed by atoms with Crippen LogP contribution < -0.4 is 10.2 Å². The van der Waals surface area contributed by atoms with Crippen LogP contribution in [0.15, 0.2) is 46.0 Å². The topological polar surface area (TPSA) is 70.9 Å². The molecular weight excluding hydrogens is 360 g/mol. The predicted molar refractivity (Wildman–Crippen MR) is 93.2 cm³/mol. The first-order chi connectivity index (χ1) is 11.0. The second kappa shape index (κ2) is 7.78. The number of carbonyl (C=O) groups excluding carboxylic acids is 1. The molecule has 2 N–H and O–H groups in total. The fourth-order valence-corrected chi connectivity index (χ4v) is 2.33. The fourth-order valence-electron chi connectivity index (χ4n) is 1.87. The molecule has 0 saturated heterocycles. The lowest BCUT2D eigenvalue weighted by atomic mass is 10.1. The number of carbonyl (C=O) groups is 1. The third-order valence-corrected chi connectivity index (χ3v) is 3.65. The van der Waals surface area contributed by atoms with Crippen LogP contribution in [0.25, 0.3) is 0 Å². The second-order valence-corrected chi connectivity index (χ2v) is 5.70. The number of hydrazone groups is 1. The lowest BCUT2D eigenvalue weighted by molar-refractivity contribution is 0.0955. The van der Waals surface area contributed by atoms with E-state index >= 15 is 0 Å². The fraction of sp³-hybridized carbons (Fsp3) is 0.176. The number of hydrogen-bond acceptors (Lipinski definition) is 4. The van der Waals surface area contributed by atoms with Crippen LogP contribution in [0.3, 0.4) is 0 Å². The molecule has 0 radical (unpaired) electrons. The molecule has 23 heavy (non-hydrogen) atoms. The molecular formula is C17H17BrN2O3. The van der Waals surface area contributed by atoms with Gasteiger partial charge in [0.25, 0.3) is 5.91 Å². The summed E-state index contributed by atoms with van der Waals surface area (Å²) >= 11 is 3.25. The zero-order valence-corrected chi connectivity index (χ0v) is 14.4. The molecule has 6 heteroatoms. The third-order valence-electron chi connectivity index (χ3n) is 3.04. The van der Waals surface area contributed by atoms with E-state index in [9.17, 15) is 9.90 Å². The largest absolute Gasteiger partial charge is 0.503 e. The number of ether oxygens (including phenoxy) is 1.